The second kappa shape index (κ2) is 7.59. The lowest BCUT2D eigenvalue weighted by atomic mass is 9.98. The number of para-hydroxylation sites is 1. The molecule has 0 atom stereocenters. The number of ether oxygens (including phenoxy) is 1. The second-order valence-corrected chi connectivity index (χ2v) is 6.52. The summed E-state index contributed by atoms with van der Waals surface area (Å²) in [6.45, 7) is 5.83. The molecule has 0 saturated carbocycles. The number of hydrogen-bond donors (Lipinski definition) is 1. The van der Waals surface area contributed by atoms with Gasteiger partial charge in [-0.3, -0.25) is 4.79 Å². The van der Waals surface area contributed by atoms with Crippen molar-refractivity contribution in [2.24, 2.45) is 0 Å². The average Bonchev–Trinajstić information content (AvgIpc) is 2.48. The van der Waals surface area contributed by atoms with Crippen molar-refractivity contribution in [3.63, 3.8) is 0 Å². The fraction of sp³-hybridized carbons (Fsp3) is 0.278. The van der Waals surface area contributed by atoms with E-state index in [0.717, 1.165) is 16.8 Å². The van der Waals surface area contributed by atoms with E-state index in [0.29, 0.717) is 4.47 Å². The number of halogens is 2. The zero-order valence-electron chi connectivity index (χ0n) is 13.3. The van der Waals surface area contributed by atoms with Crippen LogP contribution in [0.2, 0.25) is 0 Å². The van der Waals surface area contributed by atoms with Crippen molar-refractivity contribution < 1.29 is 13.9 Å². The molecule has 0 unspecified atom stereocenters. The summed E-state index contributed by atoms with van der Waals surface area (Å²) in [6, 6.07) is 10.3. The summed E-state index contributed by atoms with van der Waals surface area (Å²) in [5.74, 6) is -0.485. The van der Waals surface area contributed by atoms with E-state index in [4.69, 9.17) is 4.74 Å². The molecule has 1 N–H and O–H groups in total. The summed E-state index contributed by atoms with van der Waals surface area (Å²) >= 11 is 3.18. The van der Waals surface area contributed by atoms with Crippen molar-refractivity contribution in [1.82, 2.24) is 0 Å². The summed E-state index contributed by atoms with van der Waals surface area (Å²) in [6.07, 6.45) is 0. The lowest BCUT2D eigenvalue weighted by Gasteiger charge is -2.16. The first-order valence-electron chi connectivity index (χ1n) is 7.35. The van der Waals surface area contributed by atoms with Gasteiger partial charge in [0.05, 0.1) is 0 Å². The van der Waals surface area contributed by atoms with Crippen LogP contribution in [0.25, 0.3) is 0 Å². The van der Waals surface area contributed by atoms with Crippen molar-refractivity contribution >= 4 is 27.5 Å². The van der Waals surface area contributed by atoms with E-state index < -0.39 is 5.82 Å². The molecule has 0 heterocycles. The maximum absolute atomic E-state index is 13.7. The maximum atomic E-state index is 13.7. The molecule has 0 saturated heterocycles. The Labute approximate surface area is 144 Å². The molecule has 0 spiro atoms. The topological polar surface area (TPSA) is 38.3 Å². The van der Waals surface area contributed by atoms with Crippen molar-refractivity contribution in [3.8, 4) is 5.75 Å². The van der Waals surface area contributed by atoms with E-state index in [1.165, 1.54) is 12.1 Å². The maximum Gasteiger partial charge on any atom is 0.262 e. The van der Waals surface area contributed by atoms with Gasteiger partial charge in [-0.05, 0) is 42.2 Å². The predicted molar refractivity (Wildman–Crippen MR) is 93.5 cm³/mol. The minimum absolute atomic E-state index is 0.0530. The first-order valence-corrected chi connectivity index (χ1v) is 8.15. The van der Waals surface area contributed by atoms with Gasteiger partial charge in [0.2, 0.25) is 0 Å². The van der Waals surface area contributed by atoms with E-state index in [-0.39, 0.29) is 24.2 Å². The summed E-state index contributed by atoms with van der Waals surface area (Å²) in [5, 5.41) is 2.87. The largest absolute Gasteiger partial charge is 0.481 e. The van der Waals surface area contributed by atoms with Crippen LogP contribution in [0.4, 0.5) is 10.1 Å². The van der Waals surface area contributed by atoms with E-state index in [1.54, 1.807) is 6.07 Å². The average molecular weight is 380 g/mol. The van der Waals surface area contributed by atoms with Gasteiger partial charge in [0.1, 0.15) is 0 Å². The molecular formula is C18H19BrFNO2. The molecule has 0 aliphatic rings. The Hall–Kier alpha value is -1.88. The summed E-state index contributed by atoms with van der Waals surface area (Å²) in [5.41, 5.74) is 2.85. The van der Waals surface area contributed by atoms with Crippen LogP contribution >= 0.6 is 15.9 Å². The van der Waals surface area contributed by atoms with Crippen LogP contribution in [0, 0.1) is 12.7 Å². The molecule has 0 aromatic heterocycles. The highest BCUT2D eigenvalue weighted by Gasteiger charge is 2.13. The molecule has 2 aromatic carbocycles. The van der Waals surface area contributed by atoms with Gasteiger partial charge < -0.3 is 10.1 Å². The van der Waals surface area contributed by atoms with Crippen molar-refractivity contribution in [3.05, 3.63) is 57.8 Å². The van der Waals surface area contributed by atoms with Crippen LogP contribution < -0.4 is 10.1 Å². The van der Waals surface area contributed by atoms with E-state index in [1.807, 2.05) is 25.1 Å². The highest BCUT2D eigenvalue weighted by molar-refractivity contribution is 9.10. The number of carbonyl (C=O) groups excluding carboxylic acids is 1. The van der Waals surface area contributed by atoms with Gasteiger partial charge >= 0.3 is 0 Å². The van der Waals surface area contributed by atoms with E-state index in [2.05, 4.69) is 35.1 Å². The van der Waals surface area contributed by atoms with Gasteiger partial charge in [-0.2, -0.15) is 0 Å². The van der Waals surface area contributed by atoms with Crippen LogP contribution in [0.15, 0.2) is 40.9 Å². The summed E-state index contributed by atoms with van der Waals surface area (Å²) in [4.78, 5) is 12.1. The molecule has 1 amide bonds. The highest BCUT2D eigenvalue weighted by Crippen LogP contribution is 2.27. The fourth-order valence-electron chi connectivity index (χ4n) is 2.25. The zero-order valence-corrected chi connectivity index (χ0v) is 14.9. The van der Waals surface area contributed by atoms with Crippen molar-refractivity contribution in [2.75, 3.05) is 11.9 Å². The minimum atomic E-state index is -0.508. The number of benzene rings is 2. The normalized spacial score (nSPS) is 10.7. The van der Waals surface area contributed by atoms with Gasteiger partial charge in [0.25, 0.3) is 5.91 Å². The Morgan fingerprint density at radius 1 is 1.30 bits per heavy atom. The SMILES string of the molecule is Cc1cccc(C(C)C)c1NC(=O)COc1ccc(Br)cc1F. The lowest BCUT2D eigenvalue weighted by Crippen LogP contribution is -2.22. The predicted octanol–water partition coefficient (Wildman–Crippen LogP) is 5.04. The molecule has 23 heavy (non-hydrogen) atoms. The molecule has 0 radical (unpaired) electrons. The number of carbonyl (C=O) groups is 1. The van der Waals surface area contributed by atoms with Crippen LogP contribution in [0.1, 0.15) is 30.9 Å². The number of aryl methyl sites for hydroxylation is 1. The summed E-state index contributed by atoms with van der Waals surface area (Å²) in [7, 11) is 0. The third kappa shape index (κ3) is 4.55. The fourth-order valence-corrected chi connectivity index (χ4v) is 2.59. The smallest absolute Gasteiger partial charge is 0.262 e. The van der Waals surface area contributed by atoms with Crippen molar-refractivity contribution in [2.45, 2.75) is 26.7 Å². The Morgan fingerprint density at radius 3 is 2.70 bits per heavy atom. The quantitative estimate of drug-likeness (QED) is 0.790. The Morgan fingerprint density at radius 2 is 2.04 bits per heavy atom. The molecule has 3 nitrogen and oxygen atoms in total. The van der Waals surface area contributed by atoms with E-state index in [9.17, 15) is 9.18 Å². The third-order valence-electron chi connectivity index (χ3n) is 3.44. The monoisotopic (exact) mass is 379 g/mol. The van der Waals surface area contributed by atoms with Gasteiger partial charge in [-0.15, -0.1) is 0 Å². The molecule has 2 aromatic rings. The first kappa shape index (κ1) is 17.5. The zero-order chi connectivity index (χ0) is 17.0. The number of nitrogens with one attached hydrogen (secondary N) is 1. The molecule has 0 bridgehead atoms. The minimum Gasteiger partial charge on any atom is -0.481 e. The lowest BCUT2D eigenvalue weighted by molar-refractivity contribution is -0.118. The summed E-state index contributed by atoms with van der Waals surface area (Å²) < 4.78 is 19.6. The third-order valence-corrected chi connectivity index (χ3v) is 3.94. The highest BCUT2D eigenvalue weighted by atomic mass is 79.9. The Kier molecular flexibility index (Phi) is 5.77. The van der Waals surface area contributed by atoms with Gasteiger partial charge in [-0.1, -0.05) is 48.0 Å². The number of hydrogen-bond acceptors (Lipinski definition) is 2. The van der Waals surface area contributed by atoms with Gasteiger partial charge in [0.15, 0.2) is 18.2 Å². The molecule has 0 aliphatic heterocycles. The van der Waals surface area contributed by atoms with Gasteiger partial charge in [-0.25, -0.2) is 4.39 Å². The molecule has 2 rings (SSSR count). The Bertz CT molecular complexity index is 716. The van der Waals surface area contributed by atoms with Crippen LogP contribution in [-0.2, 0) is 4.79 Å². The van der Waals surface area contributed by atoms with Gasteiger partial charge in [0, 0.05) is 10.2 Å². The van der Waals surface area contributed by atoms with Crippen molar-refractivity contribution in [1.29, 1.82) is 0 Å². The number of anilines is 1. The number of rotatable bonds is 5. The standard InChI is InChI=1S/C18H19BrFNO2/c1-11(2)14-6-4-5-12(3)18(14)21-17(22)10-23-16-8-7-13(19)9-15(16)20/h4-9,11H,10H2,1-3H3,(H,21,22). The van der Waals surface area contributed by atoms with Crippen LogP contribution in [0.5, 0.6) is 5.75 Å². The van der Waals surface area contributed by atoms with E-state index >= 15 is 0 Å². The number of amides is 1. The molecular weight excluding hydrogens is 361 g/mol. The molecule has 122 valence electrons. The van der Waals surface area contributed by atoms with Crippen LogP contribution in [0.3, 0.4) is 0 Å². The molecule has 0 aliphatic carbocycles. The second-order valence-electron chi connectivity index (χ2n) is 5.61. The molecule has 5 heteroatoms. The Balaban J connectivity index is 2.06. The first-order chi connectivity index (χ1) is 10.9. The molecule has 0 fully saturated rings. The van der Waals surface area contributed by atoms with Crippen LogP contribution in [-0.4, -0.2) is 12.5 Å².